The van der Waals surface area contributed by atoms with E-state index in [2.05, 4.69) is 10.2 Å². The van der Waals surface area contributed by atoms with Crippen molar-refractivity contribution in [3.63, 3.8) is 0 Å². The van der Waals surface area contributed by atoms with Crippen molar-refractivity contribution in [2.75, 3.05) is 7.11 Å². The summed E-state index contributed by atoms with van der Waals surface area (Å²) in [5.74, 6) is 1.04. The van der Waals surface area contributed by atoms with Gasteiger partial charge in [-0.1, -0.05) is 0 Å². The molecule has 0 fully saturated rings. The molecule has 0 aliphatic heterocycles. The number of hydrogen-bond acceptors (Lipinski definition) is 8. The Labute approximate surface area is 146 Å². The molecule has 1 heterocycles. The summed E-state index contributed by atoms with van der Waals surface area (Å²) in [6, 6.07) is 13.1. The molecule has 0 spiro atoms. The van der Waals surface area contributed by atoms with E-state index >= 15 is 0 Å². The molecule has 8 nitrogen and oxygen atoms in total. The third-order valence-corrected chi connectivity index (χ3v) is 4.15. The molecule has 0 unspecified atom stereocenters. The first-order valence-electron chi connectivity index (χ1n) is 6.95. The molecular weight excluding hydrogens is 344 g/mol. The summed E-state index contributed by atoms with van der Waals surface area (Å²) in [6.45, 7) is 0. The molecule has 25 heavy (non-hydrogen) atoms. The predicted molar refractivity (Wildman–Crippen MR) is 88.2 cm³/mol. The van der Waals surface area contributed by atoms with Crippen LogP contribution in [0.25, 0.3) is 11.5 Å². The minimum Gasteiger partial charge on any atom is -0.497 e. The van der Waals surface area contributed by atoms with E-state index in [9.17, 15) is 15.4 Å². The van der Waals surface area contributed by atoms with Gasteiger partial charge in [0, 0.05) is 22.6 Å². The van der Waals surface area contributed by atoms with Crippen LogP contribution >= 0.6 is 11.8 Å². The number of nitro groups is 1. The van der Waals surface area contributed by atoms with Crippen LogP contribution in [-0.4, -0.2) is 22.2 Å². The first-order valence-corrected chi connectivity index (χ1v) is 7.76. The average Bonchev–Trinajstić information content (AvgIpc) is 3.10. The normalized spacial score (nSPS) is 10.2. The minimum atomic E-state index is -0.552. The summed E-state index contributed by atoms with van der Waals surface area (Å²) >= 11 is 1.07. The van der Waals surface area contributed by atoms with E-state index in [1.54, 1.807) is 31.4 Å². The van der Waals surface area contributed by atoms with Gasteiger partial charge in [0.25, 0.3) is 10.9 Å². The van der Waals surface area contributed by atoms with Gasteiger partial charge < -0.3 is 9.15 Å². The Morgan fingerprint density at radius 3 is 2.64 bits per heavy atom. The monoisotopic (exact) mass is 354 g/mol. The highest BCUT2D eigenvalue weighted by atomic mass is 32.2. The topological polar surface area (TPSA) is 115 Å². The van der Waals surface area contributed by atoms with E-state index < -0.39 is 4.92 Å². The van der Waals surface area contributed by atoms with Crippen LogP contribution in [0.4, 0.5) is 5.69 Å². The van der Waals surface area contributed by atoms with E-state index in [4.69, 9.17) is 9.15 Å². The summed E-state index contributed by atoms with van der Waals surface area (Å²) in [5.41, 5.74) is 0.748. The molecule has 0 radical (unpaired) electrons. The molecule has 124 valence electrons. The molecule has 0 saturated heterocycles. The minimum absolute atomic E-state index is 0.148. The second-order valence-corrected chi connectivity index (χ2v) is 5.75. The number of nitriles is 1. The van der Waals surface area contributed by atoms with Gasteiger partial charge in [0.1, 0.15) is 11.8 Å². The fourth-order valence-electron chi connectivity index (χ4n) is 2.00. The summed E-state index contributed by atoms with van der Waals surface area (Å²) in [4.78, 5) is 10.7. The number of benzene rings is 2. The molecule has 3 rings (SSSR count). The van der Waals surface area contributed by atoms with Crippen molar-refractivity contribution in [3.8, 4) is 23.3 Å². The first kappa shape index (κ1) is 16.5. The Balaban J connectivity index is 1.84. The third-order valence-electron chi connectivity index (χ3n) is 3.24. The smallest absolute Gasteiger partial charge is 0.281 e. The zero-order valence-electron chi connectivity index (χ0n) is 12.9. The molecule has 0 atom stereocenters. The lowest BCUT2D eigenvalue weighted by Crippen LogP contribution is -1.90. The van der Waals surface area contributed by atoms with E-state index in [1.807, 2.05) is 6.07 Å². The van der Waals surface area contributed by atoms with Crippen molar-refractivity contribution in [3.05, 3.63) is 58.1 Å². The van der Waals surface area contributed by atoms with Gasteiger partial charge >= 0.3 is 0 Å². The van der Waals surface area contributed by atoms with Crippen molar-refractivity contribution in [2.45, 2.75) is 10.1 Å². The Morgan fingerprint density at radius 1 is 1.24 bits per heavy atom. The maximum Gasteiger partial charge on any atom is 0.281 e. The van der Waals surface area contributed by atoms with Gasteiger partial charge in [-0.15, -0.1) is 10.2 Å². The van der Waals surface area contributed by atoms with Crippen LogP contribution in [0.5, 0.6) is 5.75 Å². The molecule has 0 amide bonds. The zero-order valence-corrected chi connectivity index (χ0v) is 13.7. The number of rotatable bonds is 5. The number of hydrogen-bond donors (Lipinski definition) is 0. The highest BCUT2D eigenvalue weighted by molar-refractivity contribution is 7.99. The molecule has 3 aromatic rings. The highest BCUT2D eigenvalue weighted by Crippen LogP contribution is 2.33. The molecule has 0 saturated carbocycles. The number of ether oxygens (including phenoxy) is 1. The summed E-state index contributed by atoms with van der Waals surface area (Å²) in [6.07, 6.45) is 0. The van der Waals surface area contributed by atoms with Gasteiger partial charge in [-0.3, -0.25) is 10.1 Å². The van der Waals surface area contributed by atoms with E-state index in [-0.39, 0.29) is 16.5 Å². The van der Waals surface area contributed by atoms with Gasteiger partial charge in [-0.05, 0) is 42.1 Å². The largest absolute Gasteiger partial charge is 0.497 e. The number of nitro benzene ring substituents is 1. The summed E-state index contributed by atoms with van der Waals surface area (Å²) < 4.78 is 10.7. The predicted octanol–water partition coefficient (Wildman–Crippen LogP) is 3.68. The zero-order chi connectivity index (χ0) is 17.8. The van der Waals surface area contributed by atoms with Crippen molar-refractivity contribution < 1.29 is 14.1 Å². The molecule has 9 heteroatoms. The first-order chi connectivity index (χ1) is 12.1. The van der Waals surface area contributed by atoms with Crippen LogP contribution < -0.4 is 4.74 Å². The Morgan fingerprint density at radius 2 is 2.00 bits per heavy atom. The van der Waals surface area contributed by atoms with Gasteiger partial charge in [0.05, 0.1) is 17.6 Å². The number of methoxy groups -OCH3 is 1. The molecule has 0 bridgehead atoms. The molecule has 0 N–H and O–H groups in total. The van der Waals surface area contributed by atoms with Crippen molar-refractivity contribution in [1.82, 2.24) is 10.2 Å². The number of aromatic nitrogens is 2. The Kier molecular flexibility index (Phi) is 4.63. The molecule has 0 aliphatic rings. The fourth-order valence-corrected chi connectivity index (χ4v) is 2.74. The van der Waals surface area contributed by atoms with Crippen LogP contribution in [0.3, 0.4) is 0 Å². The Hall–Kier alpha value is -3.38. The number of non-ortho nitro benzene ring substituents is 1. The summed E-state index contributed by atoms with van der Waals surface area (Å²) in [7, 11) is 1.58. The van der Waals surface area contributed by atoms with Gasteiger partial charge in [-0.25, -0.2) is 0 Å². The van der Waals surface area contributed by atoms with Crippen molar-refractivity contribution in [1.29, 1.82) is 5.26 Å². The van der Waals surface area contributed by atoms with Crippen LogP contribution in [0, 0.1) is 21.4 Å². The molecule has 0 aliphatic carbocycles. The van der Waals surface area contributed by atoms with Gasteiger partial charge in [-0.2, -0.15) is 5.26 Å². The second-order valence-electron chi connectivity index (χ2n) is 4.75. The fraction of sp³-hybridized carbons (Fsp3) is 0.0625. The van der Waals surface area contributed by atoms with Gasteiger partial charge in [0.2, 0.25) is 5.89 Å². The average molecular weight is 354 g/mol. The van der Waals surface area contributed by atoms with Crippen LogP contribution in [0.15, 0.2) is 57.0 Å². The number of nitrogens with zero attached hydrogens (tertiary/aromatic N) is 4. The highest BCUT2D eigenvalue weighted by Gasteiger charge is 2.15. The lowest BCUT2D eigenvalue weighted by molar-refractivity contribution is -0.384. The standard InChI is InChI=1S/C16H10N4O4S/c1-23-13-5-2-10(3-6-13)15-18-19-16(24-15)25-14-7-4-12(20(21)22)8-11(14)9-17/h2-8H,1H3. The Bertz CT molecular complexity index is 963. The van der Waals surface area contributed by atoms with Crippen LogP contribution in [0.1, 0.15) is 5.56 Å². The van der Waals surface area contributed by atoms with Gasteiger partial charge in [0.15, 0.2) is 0 Å². The van der Waals surface area contributed by atoms with E-state index in [1.165, 1.54) is 18.2 Å². The van der Waals surface area contributed by atoms with Crippen LogP contribution in [-0.2, 0) is 0 Å². The molecule has 1 aromatic heterocycles. The quantitative estimate of drug-likeness (QED) is 0.503. The summed E-state index contributed by atoms with van der Waals surface area (Å²) in [5, 5.41) is 28.1. The third kappa shape index (κ3) is 3.59. The maximum atomic E-state index is 10.8. The van der Waals surface area contributed by atoms with Crippen molar-refractivity contribution >= 4 is 17.4 Å². The van der Waals surface area contributed by atoms with Crippen LogP contribution in [0.2, 0.25) is 0 Å². The lowest BCUT2D eigenvalue weighted by atomic mass is 10.2. The maximum absolute atomic E-state index is 10.8. The molecular formula is C16H10N4O4S. The van der Waals surface area contributed by atoms with E-state index in [0.29, 0.717) is 16.5 Å². The second kappa shape index (κ2) is 7.02. The van der Waals surface area contributed by atoms with E-state index in [0.717, 1.165) is 17.3 Å². The SMILES string of the molecule is COc1ccc(-c2nnc(Sc3ccc([N+](=O)[O-])cc3C#N)o2)cc1. The lowest BCUT2D eigenvalue weighted by Gasteiger charge is -2.00. The molecule has 2 aromatic carbocycles. The van der Waals surface area contributed by atoms with Crippen molar-refractivity contribution in [2.24, 2.45) is 0 Å².